The lowest BCUT2D eigenvalue weighted by Gasteiger charge is -2.10. The van der Waals surface area contributed by atoms with Crippen molar-refractivity contribution in [3.63, 3.8) is 0 Å². The SMILES string of the molecule is N#Cc1cc(Cl)ccc1Oc1cccc(F)c1C(=O)O. The van der Waals surface area contributed by atoms with Gasteiger partial charge in [-0.25, -0.2) is 9.18 Å². The van der Waals surface area contributed by atoms with Crippen LogP contribution in [-0.2, 0) is 0 Å². The molecule has 0 aliphatic rings. The number of carboxylic acid groups (broad SMARTS) is 1. The number of aromatic carboxylic acids is 1. The summed E-state index contributed by atoms with van der Waals surface area (Å²) in [6.07, 6.45) is 0. The molecule has 6 heteroatoms. The highest BCUT2D eigenvalue weighted by Crippen LogP contribution is 2.30. The maximum absolute atomic E-state index is 13.5. The summed E-state index contributed by atoms with van der Waals surface area (Å²) in [6, 6.07) is 9.78. The molecule has 1 N–H and O–H groups in total. The molecule has 0 saturated heterocycles. The van der Waals surface area contributed by atoms with E-state index in [1.54, 1.807) is 0 Å². The smallest absolute Gasteiger partial charge is 0.342 e. The minimum atomic E-state index is -1.45. The predicted octanol–water partition coefficient (Wildman–Crippen LogP) is 3.84. The molecule has 0 amide bonds. The molecule has 2 aromatic rings. The molecule has 0 aliphatic carbocycles. The summed E-state index contributed by atoms with van der Waals surface area (Å²) in [7, 11) is 0. The number of nitrogens with zero attached hydrogens (tertiary/aromatic N) is 1. The van der Waals surface area contributed by atoms with Crippen molar-refractivity contribution in [1.82, 2.24) is 0 Å². The second-order valence-corrected chi connectivity index (χ2v) is 4.21. The molecule has 20 heavy (non-hydrogen) atoms. The van der Waals surface area contributed by atoms with E-state index in [-0.39, 0.29) is 17.1 Å². The molecule has 0 unspecified atom stereocenters. The van der Waals surface area contributed by atoms with Crippen LogP contribution in [-0.4, -0.2) is 11.1 Å². The summed E-state index contributed by atoms with van der Waals surface area (Å²) in [5.74, 6) is -2.45. The van der Waals surface area contributed by atoms with Crippen LogP contribution >= 0.6 is 11.6 Å². The summed E-state index contributed by atoms with van der Waals surface area (Å²) in [4.78, 5) is 11.0. The number of benzene rings is 2. The maximum atomic E-state index is 13.5. The van der Waals surface area contributed by atoms with E-state index in [1.165, 1.54) is 30.3 Å². The van der Waals surface area contributed by atoms with Gasteiger partial charge in [-0.3, -0.25) is 0 Å². The van der Waals surface area contributed by atoms with Gasteiger partial charge in [0, 0.05) is 5.02 Å². The third-order valence-corrected chi connectivity index (χ3v) is 2.71. The Morgan fingerprint density at radius 1 is 1.30 bits per heavy atom. The molecule has 0 heterocycles. The number of hydrogen-bond acceptors (Lipinski definition) is 3. The fourth-order valence-electron chi connectivity index (χ4n) is 1.59. The molecule has 0 bridgehead atoms. The molecular weight excluding hydrogens is 285 g/mol. The first kappa shape index (κ1) is 13.8. The Balaban J connectivity index is 2.49. The van der Waals surface area contributed by atoms with E-state index in [0.29, 0.717) is 5.02 Å². The Kier molecular flexibility index (Phi) is 3.87. The van der Waals surface area contributed by atoms with Gasteiger partial charge in [0.15, 0.2) is 0 Å². The van der Waals surface area contributed by atoms with Gasteiger partial charge in [-0.05, 0) is 30.3 Å². The van der Waals surface area contributed by atoms with Crippen LogP contribution in [0.15, 0.2) is 36.4 Å². The standard InChI is InChI=1S/C14H7ClFNO3/c15-9-4-5-11(8(6-9)7-17)20-12-3-1-2-10(16)13(12)14(18)19/h1-6H,(H,18,19). The molecule has 100 valence electrons. The van der Waals surface area contributed by atoms with E-state index in [2.05, 4.69) is 0 Å². The molecule has 0 spiro atoms. The molecule has 0 fully saturated rings. The van der Waals surface area contributed by atoms with E-state index in [4.69, 9.17) is 26.7 Å². The average molecular weight is 292 g/mol. The van der Waals surface area contributed by atoms with Crippen molar-refractivity contribution in [2.75, 3.05) is 0 Å². The first-order valence-corrected chi connectivity index (χ1v) is 5.80. The number of carboxylic acids is 1. The molecule has 0 atom stereocenters. The third kappa shape index (κ3) is 2.71. The molecule has 0 aromatic heterocycles. The molecule has 2 aromatic carbocycles. The third-order valence-electron chi connectivity index (χ3n) is 2.47. The van der Waals surface area contributed by atoms with Crippen LogP contribution in [0, 0.1) is 17.1 Å². The van der Waals surface area contributed by atoms with Gasteiger partial charge >= 0.3 is 5.97 Å². The Labute approximate surface area is 118 Å². The molecule has 0 aliphatic heterocycles. The number of carbonyl (C=O) groups is 1. The highest BCUT2D eigenvalue weighted by molar-refractivity contribution is 6.30. The molecule has 0 radical (unpaired) electrons. The molecule has 2 rings (SSSR count). The van der Waals surface area contributed by atoms with Gasteiger partial charge in [-0.1, -0.05) is 17.7 Å². The van der Waals surface area contributed by atoms with Crippen molar-refractivity contribution >= 4 is 17.6 Å². The van der Waals surface area contributed by atoms with Crippen molar-refractivity contribution in [2.24, 2.45) is 0 Å². The fourth-order valence-corrected chi connectivity index (χ4v) is 1.77. The minimum absolute atomic E-state index is 0.102. The van der Waals surface area contributed by atoms with Crippen molar-refractivity contribution in [3.8, 4) is 17.6 Å². The van der Waals surface area contributed by atoms with Gasteiger partial charge < -0.3 is 9.84 Å². The number of nitriles is 1. The highest BCUT2D eigenvalue weighted by atomic mass is 35.5. The average Bonchev–Trinajstić information content (AvgIpc) is 2.40. The quantitative estimate of drug-likeness (QED) is 0.932. The van der Waals surface area contributed by atoms with Crippen LogP contribution in [0.4, 0.5) is 4.39 Å². The van der Waals surface area contributed by atoms with E-state index < -0.39 is 17.3 Å². The second kappa shape index (κ2) is 5.59. The van der Waals surface area contributed by atoms with Gasteiger partial charge in [0.2, 0.25) is 0 Å². The largest absolute Gasteiger partial charge is 0.477 e. The lowest BCUT2D eigenvalue weighted by molar-refractivity contribution is 0.0689. The first-order chi connectivity index (χ1) is 9.52. The summed E-state index contributed by atoms with van der Waals surface area (Å²) >= 11 is 5.74. The van der Waals surface area contributed by atoms with E-state index in [1.807, 2.05) is 6.07 Å². The second-order valence-electron chi connectivity index (χ2n) is 3.77. The van der Waals surface area contributed by atoms with Crippen LogP contribution in [0.3, 0.4) is 0 Å². The minimum Gasteiger partial charge on any atom is -0.477 e. The lowest BCUT2D eigenvalue weighted by atomic mass is 10.1. The predicted molar refractivity (Wildman–Crippen MR) is 69.6 cm³/mol. The number of rotatable bonds is 3. The highest BCUT2D eigenvalue weighted by Gasteiger charge is 2.18. The van der Waals surface area contributed by atoms with Crippen molar-refractivity contribution < 1.29 is 19.0 Å². The summed E-state index contributed by atoms with van der Waals surface area (Å²) in [6.45, 7) is 0. The normalized spacial score (nSPS) is 9.85. The van der Waals surface area contributed by atoms with Gasteiger partial charge in [0.1, 0.15) is 28.9 Å². The zero-order valence-corrected chi connectivity index (χ0v) is 10.7. The first-order valence-electron chi connectivity index (χ1n) is 5.42. The molecule has 4 nitrogen and oxygen atoms in total. The monoisotopic (exact) mass is 291 g/mol. The van der Waals surface area contributed by atoms with Gasteiger partial charge in [-0.2, -0.15) is 5.26 Å². The van der Waals surface area contributed by atoms with E-state index in [0.717, 1.165) is 6.07 Å². The maximum Gasteiger partial charge on any atom is 0.342 e. The van der Waals surface area contributed by atoms with Crippen LogP contribution in [0.25, 0.3) is 0 Å². The Morgan fingerprint density at radius 2 is 2.05 bits per heavy atom. The van der Waals surface area contributed by atoms with E-state index >= 15 is 0 Å². The number of ether oxygens (including phenoxy) is 1. The van der Waals surface area contributed by atoms with Crippen molar-refractivity contribution in [3.05, 3.63) is 58.4 Å². The molecular formula is C14H7ClFNO3. The van der Waals surface area contributed by atoms with Crippen LogP contribution < -0.4 is 4.74 Å². The summed E-state index contributed by atoms with van der Waals surface area (Å²) < 4.78 is 18.8. The zero-order chi connectivity index (χ0) is 14.7. The van der Waals surface area contributed by atoms with Crippen molar-refractivity contribution in [2.45, 2.75) is 0 Å². The van der Waals surface area contributed by atoms with Crippen LogP contribution in [0.2, 0.25) is 5.02 Å². The number of hydrogen-bond donors (Lipinski definition) is 1. The Hall–Kier alpha value is -2.58. The van der Waals surface area contributed by atoms with Crippen LogP contribution in [0.1, 0.15) is 15.9 Å². The summed E-state index contributed by atoms with van der Waals surface area (Å²) in [5, 5.41) is 18.3. The van der Waals surface area contributed by atoms with Crippen molar-refractivity contribution in [1.29, 1.82) is 5.26 Å². The summed E-state index contributed by atoms with van der Waals surface area (Å²) in [5.41, 5.74) is -0.468. The van der Waals surface area contributed by atoms with Gasteiger partial charge in [-0.15, -0.1) is 0 Å². The fraction of sp³-hybridized carbons (Fsp3) is 0. The Bertz CT molecular complexity index is 725. The molecule has 0 saturated carbocycles. The van der Waals surface area contributed by atoms with E-state index in [9.17, 15) is 9.18 Å². The van der Waals surface area contributed by atoms with Crippen LogP contribution in [0.5, 0.6) is 11.5 Å². The van der Waals surface area contributed by atoms with Gasteiger partial charge in [0.05, 0.1) is 5.56 Å². The lowest BCUT2D eigenvalue weighted by Crippen LogP contribution is -2.03. The zero-order valence-electron chi connectivity index (χ0n) is 9.93. The Morgan fingerprint density at radius 3 is 2.70 bits per heavy atom. The number of halogens is 2. The van der Waals surface area contributed by atoms with Gasteiger partial charge in [0.25, 0.3) is 0 Å². The topological polar surface area (TPSA) is 70.3 Å².